The molecule has 0 fully saturated rings. The Morgan fingerprint density at radius 2 is 1.13 bits per heavy atom. The van der Waals surface area contributed by atoms with Gasteiger partial charge in [-0.3, -0.25) is 4.72 Å². The number of sulfonamides is 1. The molecule has 0 radical (unpaired) electrons. The first kappa shape index (κ1) is 22.9. The summed E-state index contributed by atoms with van der Waals surface area (Å²) in [5.74, 6) is 0. The molecule has 3 N–H and O–H groups in total. The summed E-state index contributed by atoms with van der Waals surface area (Å²) in [6.45, 7) is 0. The van der Waals surface area contributed by atoms with Crippen LogP contribution < -0.4 is 15.4 Å². The van der Waals surface area contributed by atoms with Gasteiger partial charge in [-0.2, -0.15) is 0 Å². The third-order valence-electron chi connectivity index (χ3n) is 3.77. The molecule has 0 aliphatic carbocycles. The van der Waals surface area contributed by atoms with Crippen LogP contribution in [-0.4, -0.2) is 13.5 Å². The number of hydrogen-bond acceptors (Lipinski definition) is 3. The van der Waals surface area contributed by atoms with Crippen molar-refractivity contribution < 1.29 is 8.42 Å². The van der Waals surface area contributed by atoms with Gasteiger partial charge in [0, 0.05) is 11.4 Å². The van der Waals surface area contributed by atoms with E-state index in [-0.39, 0.29) is 9.92 Å². The Hall–Kier alpha value is -1.74. The number of hydrogen-bond donors (Lipinski definition) is 3. The highest BCUT2D eigenvalue weighted by molar-refractivity contribution is 7.92. The Balaban J connectivity index is 1.66. The van der Waals surface area contributed by atoms with Crippen LogP contribution in [0.25, 0.3) is 0 Å². The van der Waals surface area contributed by atoms with Crippen molar-refractivity contribution in [2.75, 3.05) is 15.4 Å². The van der Waals surface area contributed by atoms with E-state index in [0.717, 1.165) is 0 Å². The first-order valence-electron chi connectivity index (χ1n) is 8.25. The van der Waals surface area contributed by atoms with E-state index in [9.17, 15) is 8.42 Å². The monoisotopic (exact) mass is 519 g/mol. The van der Waals surface area contributed by atoms with Gasteiger partial charge >= 0.3 is 0 Å². The molecule has 0 amide bonds. The van der Waals surface area contributed by atoms with Gasteiger partial charge in [-0.15, -0.1) is 0 Å². The van der Waals surface area contributed by atoms with Crippen LogP contribution in [0.3, 0.4) is 0 Å². The molecule has 0 aliphatic rings. The van der Waals surface area contributed by atoms with Gasteiger partial charge in [-0.25, -0.2) is 8.42 Å². The van der Waals surface area contributed by atoms with Gasteiger partial charge in [0.15, 0.2) is 5.11 Å². The fourth-order valence-corrected chi connectivity index (χ4v) is 4.24. The van der Waals surface area contributed by atoms with Crippen LogP contribution in [-0.2, 0) is 10.0 Å². The van der Waals surface area contributed by atoms with Crippen molar-refractivity contribution in [3.63, 3.8) is 0 Å². The molecule has 0 heterocycles. The highest BCUT2D eigenvalue weighted by atomic mass is 35.5. The van der Waals surface area contributed by atoms with Crippen LogP contribution in [0, 0.1) is 0 Å². The lowest BCUT2D eigenvalue weighted by molar-refractivity contribution is 0.601. The van der Waals surface area contributed by atoms with Crippen LogP contribution in [0.4, 0.5) is 17.1 Å². The van der Waals surface area contributed by atoms with Crippen molar-refractivity contribution in [1.29, 1.82) is 0 Å². The largest absolute Gasteiger partial charge is 0.332 e. The van der Waals surface area contributed by atoms with Crippen molar-refractivity contribution in [3.05, 3.63) is 80.8 Å². The molecule has 0 spiro atoms. The third kappa shape index (κ3) is 5.91. The lowest BCUT2D eigenvalue weighted by Crippen LogP contribution is -2.19. The third-order valence-corrected chi connectivity index (χ3v) is 6.85. The minimum absolute atomic E-state index is 0.0717. The van der Waals surface area contributed by atoms with Crippen LogP contribution in [0.1, 0.15) is 0 Å². The molecule has 3 rings (SSSR count). The van der Waals surface area contributed by atoms with Crippen molar-refractivity contribution in [2.24, 2.45) is 0 Å². The molecule has 0 saturated heterocycles. The van der Waals surface area contributed by atoms with Crippen LogP contribution in [0.15, 0.2) is 65.6 Å². The molecule has 3 aromatic rings. The van der Waals surface area contributed by atoms with Crippen molar-refractivity contribution in [2.45, 2.75) is 4.90 Å². The maximum atomic E-state index is 12.6. The van der Waals surface area contributed by atoms with Crippen LogP contribution >= 0.6 is 58.6 Å². The second kappa shape index (κ2) is 9.60. The number of rotatable bonds is 5. The Morgan fingerprint density at radius 1 is 0.667 bits per heavy atom. The molecule has 0 unspecified atom stereocenters. The van der Waals surface area contributed by atoms with Gasteiger partial charge in [0.2, 0.25) is 0 Å². The topological polar surface area (TPSA) is 70.2 Å². The predicted octanol–water partition coefficient (Wildman–Crippen LogP) is 6.91. The smallest absolute Gasteiger partial charge is 0.261 e. The summed E-state index contributed by atoms with van der Waals surface area (Å²) in [4.78, 5) is 0.0717. The highest BCUT2D eigenvalue weighted by Crippen LogP contribution is 2.27. The average Bonchev–Trinajstić information content (AvgIpc) is 2.68. The fourth-order valence-electron chi connectivity index (χ4n) is 2.36. The first-order chi connectivity index (χ1) is 14.1. The molecule has 0 aromatic heterocycles. The normalized spacial score (nSPS) is 11.1. The fraction of sp³-hybridized carbons (Fsp3) is 0. The molecular formula is C19H13Cl4N3O2S2. The number of anilines is 3. The van der Waals surface area contributed by atoms with Crippen LogP contribution in [0.2, 0.25) is 20.1 Å². The molecule has 0 aliphatic heterocycles. The van der Waals surface area contributed by atoms with E-state index in [1.165, 1.54) is 30.3 Å². The number of halogens is 4. The van der Waals surface area contributed by atoms with Gasteiger partial charge in [0.05, 0.1) is 30.7 Å². The maximum absolute atomic E-state index is 12.6. The van der Waals surface area contributed by atoms with E-state index in [0.29, 0.717) is 37.2 Å². The quantitative estimate of drug-likeness (QED) is 0.319. The second-order valence-corrected chi connectivity index (χ2v) is 9.69. The van der Waals surface area contributed by atoms with E-state index in [1.807, 2.05) is 0 Å². The van der Waals surface area contributed by atoms with Crippen LogP contribution in [0.5, 0.6) is 0 Å². The SMILES string of the molecule is O=S(=O)(Nc1ccc(Cl)c(Cl)c1)c1ccc(NC(=S)Nc2ccc(Cl)c(Cl)c2)cc1. The lowest BCUT2D eigenvalue weighted by atomic mass is 10.3. The van der Waals surface area contributed by atoms with Crippen molar-refractivity contribution >= 4 is 90.8 Å². The molecule has 0 atom stereocenters. The van der Waals surface area contributed by atoms with E-state index >= 15 is 0 Å². The Labute approximate surface area is 199 Å². The molecule has 11 heteroatoms. The Bertz CT molecular complexity index is 1200. The van der Waals surface area contributed by atoms with E-state index in [2.05, 4.69) is 15.4 Å². The standard InChI is InChI=1S/C19H13Cl4N3O2S2/c20-15-7-3-12(9-17(15)22)25-19(29)24-11-1-5-14(6-2-11)30(27,28)26-13-4-8-16(21)18(23)10-13/h1-10,26H,(H2,24,25,29). The summed E-state index contributed by atoms with van der Waals surface area (Å²) >= 11 is 28.9. The lowest BCUT2D eigenvalue weighted by Gasteiger charge is -2.12. The summed E-state index contributed by atoms with van der Waals surface area (Å²) < 4.78 is 27.6. The maximum Gasteiger partial charge on any atom is 0.261 e. The van der Waals surface area contributed by atoms with Gasteiger partial charge in [-0.05, 0) is 72.9 Å². The molecule has 5 nitrogen and oxygen atoms in total. The summed E-state index contributed by atoms with van der Waals surface area (Å²) in [6, 6.07) is 15.6. The minimum atomic E-state index is -3.80. The molecule has 0 saturated carbocycles. The first-order valence-corrected chi connectivity index (χ1v) is 11.7. The molecule has 156 valence electrons. The van der Waals surface area contributed by atoms with Crippen molar-refractivity contribution in [1.82, 2.24) is 0 Å². The summed E-state index contributed by atoms with van der Waals surface area (Å²) in [5.41, 5.74) is 1.56. The minimum Gasteiger partial charge on any atom is -0.332 e. The zero-order valence-electron chi connectivity index (χ0n) is 14.9. The highest BCUT2D eigenvalue weighted by Gasteiger charge is 2.15. The van der Waals surface area contributed by atoms with Gasteiger partial charge < -0.3 is 10.6 Å². The molecule has 3 aromatic carbocycles. The number of benzene rings is 3. The molecule has 30 heavy (non-hydrogen) atoms. The number of thiocarbonyl (C=S) groups is 1. The summed E-state index contributed by atoms with van der Waals surface area (Å²) in [6.07, 6.45) is 0. The van der Waals surface area contributed by atoms with E-state index < -0.39 is 10.0 Å². The Morgan fingerprint density at radius 3 is 1.70 bits per heavy atom. The summed E-state index contributed by atoms with van der Waals surface area (Å²) in [5, 5.41) is 7.65. The zero-order chi connectivity index (χ0) is 21.9. The summed E-state index contributed by atoms with van der Waals surface area (Å²) in [7, 11) is -3.80. The predicted molar refractivity (Wildman–Crippen MR) is 130 cm³/mol. The average molecular weight is 521 g/mol. The van der Waals surface area contributed by atoms with Gasteiger partial charge in [-0.1, -0.05) is 46.4 Å². The Kier molecular flexibility index (Phi) is 7.34. The van der Waals surface area contributed by atoms with Crippen molar-refractivity contribution in [3.8, 4) is 0 Å². The molecule has 0 bridgehead atoms. The molecular weight excluding hydrogens is 508 g/mol. The van der Waals surface area contributed by atoms with E-state index in [1.54, 1.807) is 30.3 Å². The van der Waals surface area contributed by atoms with Gasteiger partial charge in [0.25, 0.3) is 10.0 Å². The number of nitrogens with one attached hydrogen (secondary N) is 3. The van der Waals surface area contributed by atoms with Gasteiger partial charge in [0.1, 0.15) is 0 Å². The zero-order valence-corrected chi connectivity index (χ0v) is 19.6. The van der Waals surface area contributed by atoms with E-state index in [4.69, 9.17) is 58.6 Å². The second-order valence-electron chi connectivity index (χ2n) is 5.97.